The summed E-state index contributed by atoms with van der Waals surface area (Å²) in [5.74, 6) is -0.700. The van der Waals surface area contributed by atoms with E-state index in [4.69, 9.17) is 0 Å². The fraction of sp³-hybridized carbons (Fsp3) is 0.679. The van der Waals surface area contributed by atoms with Gasteiger partial charge in [0, 0.05) is 56.9 Å². The molecule has 1 spiro atoms. The van der Waals surface area contributed by atoms with Gasteiger partial charge < -0.3 is 14.7 Å². The zero-order valence-corrected chi connectivity index (χ0v) is 21.0. The van der Waals surface area contributed by atoms with E-state index in [0.717, 1.165) is 18.7 Å². The second-order valence-corrected chi connectivity index (χ2v) is 12.2. The van der Waals surface area contributed by atoms with Crippen molar-refractivity contribution >= 4 is 23.4 Å². The van der Waals surface area contributed by atoms with Gasteiger partial charge in [-0.1, -0.05) is 26.2 Å². The Morgan fingerprint density at radius 1 is 1.00 bits per heavy atom. The molecule has 1 aliphatic carbocycles. The molecule has 3 amide bonds. The minimum absolute atomic E-state index is 0.0973. The Labute approximate surface area is 208 Å². The Bertz CT molecular complexity index is 1030. The monoisotopic (exact) mass is 478 g/mol. The molecule has 6 rings (SSSR count). The lowest BCUT2D eigenvalue weighted by atomic mass is 9.69. The Morgan fingerprint density at radius 2 is 1.74 bits per heavy atom. The van der Waals surface area contributed by atoms with Gasteiger partial charge in [-0.2, -0.15) is 0 Å². The molecule has 7 nitrogen and oxygen atoms in total. The number of nitrogens with one attached hydrogen (secondary N) is 1. The van der Waals surface area contributed by atoms with Crippen molar-refractivity contribution in [3.63, 3.8) is 0 Å². The summed E-state index contributed by atoms with van der Waals surface area (Å²) in [6, 6.07) is 5.59. The molecule has 0 unspecified atom stereocenters. The van der Waals surface area contributed by atoms with Crippen LogP contribution in [0.1, 0.15) is 80.6 Å². The summed E-state index contributed by atoms with van der Waals surface area (Å²) in [4.78, 5) is 43.6. The number of fused-ring (bicyclic) bond motifs is 1. The number of amides is 3. The van der Waals surface area contributed by atoms with Gasteiger partial charge in [0.2, 0.25) is 11.8 Å². The van der Waals surface area contributed by atoms with Crippen molar-refractivity contribution in [1.82, 2.24) is 15.1 Å². The highest BCUT2D eigenvalue weighted by atomic mass is 16.2. The first kappa shape index (κ1) is 23.0. The van der Waals surface area contributed by atoms with E-state index in [-0.39, 0.29) is 24.1 Å². The number of anilines is 1. The SMILES string of the molecule is CC1(CN2CC3(CCN(c4ccc5c(c4)CN([C@H]4CCC(=O)NC4=O)C5=O)CC3)C2)CCCCC1. The molecule has 3 saturated heterocycles. The molecule has 0 bridgehead atoms. The third kappa shape index (κ3) is 4.26. The number of benzene rings is 1. The second-order valence-electron chi connectivity index (χ2n) is 12.2. The van der Waals surface area contributed by atoms with Gasteiger partial charge in [0.15, 0.2) is 0 Å². The average molecular weight is 479 g/mol. The van der Waals surface area contributed by atoms with Crippen LogP contribution < -0.4 is 10.2 Å². The quantitative estimate of drug-likeness (QED) is 0.672. The Morgan fingerprint density at radius 3 is 2.46 bits per heavy atom. The zero-order chi connectivity index (χ0) is 24.2. The highest BCUT2D eigenvalue weighted by molar-refractivity contribution is 6.05. The first-order chi connectivity index (χ1) is 16.8. The Balaban J connectivity index is 1.05. The molecular weight excluding hydrogens is 440 g/mol. The number of carbonyl (C=O) groups excluding carboxylic acids is 3. The zero-order valence-electron chi connectivity index (χ0n) is 21.0. The van der Waals surface area contributed by atoms with Crippen molar-refractivity contribution in [1.29, 1.82) is 0 Å². The maximum atomic E-state index is 13.0. The molecule has 1 aromatic carbocycles. The first-order valence-electron chi connectivity index (χ1n) is 13.6. The number of imide groups is 1. The van der Waals surface area contributed by atoms with Crippen LogP contribution in [0.15, 0.2) is 18.2 Å². The summed E-state index contributed by atoms with van der Waals surface area (Å²) in [6.45, 7) is 8.87. The number of nitrogens with zero attached hydrogens (tertiary/aromatic N) is 3. The molecule has 1 atom stereocenters. The molecule has 4 heterocycles. The number of likely N-dealkylation sites (tertiary alicyclic amines) is 1. The third-order valence-corrected chi connectivity index (χ3v) is 9.48. The summed E-state index contributed by atoms with van der Waals surface area (Å²) in [7, 11) is 0. The molecule has 1 N–H and O–H groups in total. The van der Waals surface area contributed by atoms with Gasteiger partial charge in [-0.15, -0.1) is 0 Å². The molecule has 7 heteroatoms. The summed E-state index contributed by atoms with van der Waals surface area (Å²) in [6.07, 6.45) is 10.2. The molecule has 5 aliphatic rings. The lowest BCUT2D eigenvalue weighted by Gasteiger charge is -2.56. The van der Waals surface area contributed by atoms with Crippen molar-refractivity contribution in [2.75, 3.05) is 37.6 Å². The fourth-order valence-electron chi connectivity index (χ4n) is 7.43. The van der Waals surface area contributed by atoms with Gasteiger partial charge >= 0.3 is 0 Å². The minimum atomic E-state index is -0.552. The van der Waals surface area contributed by atoms with Gasteiger partial charge in [0.1, 0.15) is 6.04 Å². The topological polar surface area (TPSA) is 73.0 Å². The van der Waals surface area contributed by atoms with E-state index >= 15 is 0 Å². The van der Waals surface area contributed by atoms with Crippen LogP contribution in [0.4, 0.5) is 5.69 Å². The van der Waals surface area contributed by atoms with Crippen molar-refractivity contribution in [3.05, 3.63) is 29.3 Å². The van der Waals surface area contributed by atoms with Crippen LogP contribution in [0.5, 0.6) is 0 Å². The maximum absolute atomic E-state index is 13.0. The van der Waals surface area contributed by atoms with E-state index in [0.29, 0.717) is 29.4 Å². The summed E-state index contributed by atoms with van der Waals surface area (Å²) in [5.41, 5.74) is 3.90. The lowest BCUT2D eigenvalue weighted by molar-refractivity contribution is -0.136. The van der Waals surface area contributed by atoms with Crippen LogP contribution in [0, 0.1) is 10.8 Å². The summed E-state index contributed by atoms with van der Waals surface area (Å²) in [5, 5.41) is 2.38. The number of hydrogen-bond donors (Lipinski definition) is 1. The number of rotatable bonds is 4. The van der Waals surface area contributed by atoms with Crippen LogP contribution in [-0.2, 0) is 16.1 Å². The van der Waals surface area contributed by atoms with E-state index in [9.17, 15) is 14.4 Å². The second kappa shape index (κ2) is 8.61. The van der Waals surface area contributed by atoms with Gasteiger partial charge in [-0.05, 0) is 66.7 Å². The van der Waals surface area contributed by atoms with Crippen LogP contribution in [0.2, 0.25) is 0 Å². The molecule has 0 aromatic heterocycles. The molecule has 35 heavy (non-hydrogen) atoms. The average Bonchev–Trinajstić information content (AvgIpc) is 3.14. The number of carbonyl (C=O) groups is 3. The smallest absolute Gasteiger partial charge is 0.255 e. The van der Waals surface area contributed by atoms with Crippen LogP contribution in [0.3, 0.4) is 0 Å². The first-order valence-corrected chi connectivity index (χ1v) is 13.6. The van der Waals surface area contributed by atoms with Gasteiger partial charge in [-0.25, -0.2) is 0 Å². The normalized spacial score (nSPS) is 28.1. The predicted octanol–water partition coefficient (Wildman–Crippen LogP) is 3.32. The van der Waals surface area contributed by atoms with Crippen LogP contribution in [-0.4, -0.2) is 66.3 Å². The highest BCUT2D eigenvalue weighted by Gasteiger charge is 2.46. The fourth-order valence-corrected chi connectivity index (χ4v) is 7.43. The highest BCUT2D eigenvalue weighted by Crippen LogP contribution is 2.45. The van der Waals surface area contributed by atoms with Gasteiger partial charge in [0.25, 0.3) is 5.91 Å². The van der Waals surface area contributed by atoms with E-state index < -0.39 is 6.04 Å². The Hall–Kier alpha value is -2.41. The molecule has 1 saturated carbocycles. The van der Waals surface area contributed by atoms with Crippen molar-refractivity contribution in [3.8, 4) is 0 Å². The molecule has 1 aromatic rings. The number of piperidine rings is 2. The van der Waals surface area contributed by atoms with Gasteiger partial charge in [-0.3, -0.25) is 19.7 Å². The van der Waals surface area contributed by atoms with Crippen molar-refractivity contribution < 1.29 is 14.4 Å². The largest absolute Gasteiger partial charge is 0.371 e. The van der Waals surface area contributed by atoms with E-state index in [1.54, 1.807) is 4.90 Å². The van der Waals surface area contributed by atoms with Crippen molar-refractivity contribution in [2.24, 2.45) is 10.8 Å². The Kier molecular flexibility index (Phi) is 5.66. The molecular formula is C28H38N4O3. The molecule has 4 aliphatic heterocycles. The summed E-state index contributed by atoms with van der Waals surface area (Å²) < 4.78 is 0. The van der Waals surface area contributed by atoms with Gasteiger partial charge in [0.05, 0.1) is 0 Å². The standard InChI is InChI=1S/C28H38N4O3/c1-27(9-3-2-4-10-27)17-30-18-28(19-30)11-13-31(14-12-28)21-5-6-22-20(15-21)16-32(26(22)35)23-7-8-24(33)29-25(23)34/h5-6,15,23H,2-4,7-14,16-19H2,1H3,(H,29,33,34)/t23-/m0/s1. The molecule has 0 radical (unpaired) electrons. The maximum Gasteiger partial charge on any atom is 0.255 e. The van der Waals surface area contributed by atoms with Crippen LogP contribution in [0.25, 0.3) is 0 Å². The van der Waals surface area contributed by atoms with E-state index in [1.165, 1.54) is 70.3 Å². The summed E-state index contributed by atoms with van der Waals surface area (Å²) >= 11 is 0. The lowest BCUT2D eigenvalue weighted by Crippen LogP contribution is -2.62. The van der Waals surface area contributed by atoms with Crippen molar-refractivity contribution in [2.45, 2.75) is 77.3 Å². The third-order valence-electron chi connectivity index (χ3n) is 9.48. The van der Waals surface area contributed by atoms with E-state index in [1.807, 2.05) is 6.07 Å². The minimum Gasteiger partial charge on any atom is -0.371 e. The molecule has 4 fully saturated rings. The predicted molar refractivity (Wildman–Crippen MR) is 134 cm³/mol. The van der Waals surface area contributed by atoms with E-state index in [2.05, 4.69) is 34.2 Å². The van der Waals surface area contributed by atoms with Crippen LogP contribution >= 0.6 is 0 Å². The molecule has 188 valence electrons. The number of hydrogen-bond acceptors (Lipinski definition) is 5.